The Bertz CT molecular complexity index is 245. The highest BCUT2D eigenvalue weighted by Gasteiger charge is 2.30. The lowest BCUT2D eigenvalue weighted by Crippen LogP contribution is -2.44. The van der Waals surface area contributed by atoms with Crippen LogP contribution in [0.2, 0.25) is 0 Å². The molecule has 1 aliphatic heterocycles. The minimum atomic E-state index is -0.0659. The summed E-state index contributed by atoms with van der Waals surface area (Å²) < 4.78 is 5.00. The number of carbonyl (C=O) groups excluding carboxylic acids is 1. The summed E-state index contributed by atoms with van der Waals surface area (Å²) in [5, 5.41) is 0. The third-order valence-electron chi connectivity index (χ3n) is 4.25. The number of likely N-dealkylation sites (tertiary alicyclic amines) is 1. The molecule has 1 atom stereocenters. The second kappa shape index (κ2) is 6.39. The first-order valence-electron chi connectivity index (χ1n) is 6.90. The van der Waals surface area contributed by atoms with E-state index in [0.29, 0.717) is 24.5 Å². The number of hydrogen-bond donors (Lipinski definition) is 0. The van der Waals surface area contributed by atoms with Crippen LogP contribution in [0.15, 0.2) is 0 Å². The highest BCUT2D eigenvalue weighted by atomic mass is 16.5. The van der Waals surface area contributed by atoms with E-state index in [4.69, 9.17) is 4.74 Å². The van der Waals surface area contributed by atoms with Gasteiger partial charge in [-0.3, -0.25) is 4.79 Å². The Labute approximate surface area is 106 Å². The van der Waals surface area contributed by atoms with Crippen molar-refractivity contribution in [2.75, 3.05) is 19.7 Å². The highest BCUT2D eigenvalue weighted by molar-refractivity contribution is 5.70. The first kappa shape index (κ1) is 14.5. The van der Waals surface area contributed by atoms with Gasteiger partial charge < -0.3 is 9.64 Å². The maximum atomic E-state index is 11.4. The lowest BCUT2D eigenvalue weighted by Gasteiger charge is -2.41. The van der Waals surface area contributed by atoms with Crippen molar-refractivity contribution in [2.45, 2.75) is 59.4 Å². The maximum absolute atomic E-state index is 11.4. The zero-order valence-corrected chi connectivity index (χ0v) is 11.8. The lowest BCUT2D eigenvalue weighted by molar-refractivity contribution is -0.144. The first-order valence-corrected chi connectivity index (χ1v) is 6.90. The Morgan fingerprint density at radius 1 is 1.35 bits per heavy atom. The van der Waals surface area contributed by atoms with Crippen molar-refractivity contribution in [3.63, 3.8) is 0 Å². The van der Waals surface area contributed by atoms with Gasteiger partial charge in [0.15, 0.2) is 0 Å². The number of rotatable bonds is 5. The molecule has 0 aromatic carbocycles. The molecule has 0 amide bonds. The average molecular weight is 241 g/mol. The Kier molecular flexibility index (Phi) is 5.44. The van der Waals surface area contributed by atoms with Crippen LogP contribution in [-0.4, -0.2) is 36.6 Å². The maximum Gasteiger partial charge on any atom is 0.307 e. The van der Waals surface area contributed by atoms with Crippen LogP contribution in [0.5, 0.6) is 0 Å². The van der Waals surface area contributed by atoms with Gasteiger partial charge in [0, 0.05) is 6.04 Å². The van der Waals surface area contributed by atoms with Gasteiger partial charge in [0.25, 0.3) is 0 Å². The molecule has 100 valence electrons. The molecular weight excluding hydrogens is 214 g/mol. The molecular formula is C14H27NO2. The lowest BCUT2D eigenvalue weighted by atomic mass is 9.78. The molecule has 1 fully saturated rings. The zero-order valence-electron chi connectivity index (χ0n) is 11.8. The highest BCUT2D eigenvalue weighted by Crippen LogP contribution is 2.34. The van der Waals surface area contributed by atoms with E-state index >= 15 is 0 Å². The molecule has 1 heterocycles. The van der Waals surface area contributed by atoms with Crippen molar-refractivity contribution in [3.8, 4) is 0 Å². The molecule has 1 saturated heterocycles. The number of piperidine rings is 1. The SMILES string of the molecule is CCOC(=O)CC(C)N1CCC(C)(CC)CC1. The van der Waals surface area contributed by atoms with Gasteiger partial charge in [-0.05, 0) is 45.2 Å². The molecule has 0 spiro atoms. The zero-order chi connectivity index (χ0) is 12.9. The van der Waals surface area contributed by atoms with E-state index in [9.17, 15) is 4.79 Å². The van der Waals surface area contributed by atoms with Crippen LogP contribution in [-0.2, 0) is 9.53 Å². The predicted octanol–water partition coefficient (Wildman–Crippen LogP) is 2.84. The van der Waals surface area contributed by atoms with Crippen LogP contribution in [0.3, 0.4) is 0 Å². The molecule has 1 rings (SSSR count). The quantitative estimate of drug-likeness (QED) is 0.693. The Morgan fingerprint density at radius 2 is 1.94 bits per heavy atom. The van der Waals surface area contributed by atoms with Crippen LogP contribution >= 0.6 is 0 Å². The molecule has 0 N–H and O–H groups in total. The molecule has 0 saturated carbocycles. The van der Waals surface area contributed by atoms with E-state index in [1.165, 1.54) is 19.3 Å². The standard InChI is InChI=1S/C14H27NO2/c1-5-14(4)7-9-15(10-8-14)12(3)11-13(16)17-6-2/h12H,5-11H2,1-4H3. The van der Waals surface area contributed by atoms with E-state index in [1.54, 1.807) is 0 Å². The molecule has 3 heteroatoms. The summed E-state index contributed by atoms with van der Waals surface area (Å²) in [6.45, 7) is 11.4. The summed E-state index contributed by atoms with van der Waals surface area (Å²) in [7, 11) is 0. The third-order valence-corrected chi connectivity index (χ3v) is 4.25. The minimum absolute atomic E-state index is 0.0659. The van der Waals surface area contributed by atoms with Gasteiger partial charge in [-0.15, -0.1) is 0 Å². The third kappa shape index (κ3) is 4.30. The van der Waals surface area contributed by atoms with Gasteiger partial charge in [-0.1, -0.05) is 20.3 Å². The van der Waals surface area contributed by atoms with Crippen LogP contribution < -0.4 is 0 Å². The molecule has 17 heavy (non-hydrogen) atoms. The number of hydrogen-bond acceptors (Lipinski definition) is 3. The van der Waals surface area contributed by atoms with Crippen molar-refractivity contribution < 1.29 is 9.53 Å². The topological polar surface area (TPSA) is 29.5 Å². The van der Waals surface area contributed by atoms with Crippen molar-refractivity contribution in [1.82, 2.24) is 4.90 Å². The fourth-order valence-corrected chi connectivity index (χ4v) is 2.45. The van der Waals surface area contributed by atoms with Gasteiger partial charge in [0.05, 0.1) is 13.0 Å². The number of carbonyl (C=O) groups is 1. The van der Waals surface area contributed by atoms with Gasteiger partial charge >= 0.3 is 5.97 Å². The van der Waals surface area contributed by atoms with Crippen LogP contribution in [0.4, 0.5) is 0 Å². The average Bonchev–Trinajstić information content (AvgIpc) is 2.30. The largest absolute Gasteiger partial charge is 0.466 e. The summed E-state index contributed by atoms with van der Waals surface area (Å²) in [5.74, 6) is -0.0659. The Hall–Kier alpha value is -0.570. The molecule has 0 aromatic rings. The van der Waals surface area contributed by atoms with Gasteiger partial charge in [-0.2, -0.15) is 0 Å². The summed E-state index contributed by atoms with van der Waals surface area (Å²) in [6.07, 6.45) is 4.27. The van der Waals surface area contributed by atoms with Crippen LogP contribution in [0, 0.1) is 5.41 Å². The Morgan fingerprint density at radius 3 is 2.41 bits per heavy atom. The summed E-state index contributed by atoms with van der Waals surface area (Å²) in [5.41, 5.74) is 0.514. The predicted molar refractivity (Wildman–Crippen MR) is 69.9 cm³/mol. The van der Waals surface area contributed by atoms with Crippen molar-refractivity contribution in [3.05, 3.63) is 0 Å². The molecule has 1 aliphatic rings. The number of ether oxygens (including phenoxy) is 1. The van der Waals surface area contributed by atoms with E-state index < -0.39 is 0 Å². The fourth-order valence-electron chi connectivity index (χ4n) is 2.45. The summed E-state index contributed by atoms with van der Waals surface area (Å²) in [6, 6.07) is 0.315. The van der Waals surface area contributed by atoms with Gasteiger partial charge in [-0.25, -0.2) is 0 Å². The normalized spacial score (nSPS) is 22.1. The first-order chi connectivity index (χ1) is 8.00. The monoisotopic (exact) mass is 241 g/mol. The minimum Gasteiger partial charge on any atom is -0.466 e. The summed E-state index contributed by atoms with van der Waals surface area (Å²) in [4.78, 5) is 13.9. The van der Waals surface area contributed by atoms with Gasteiger partial charge in [0.2, 0.25) is 0 Å². The van der Waals surface area contributed by atoms with Crippen molar-refractivity contribution in [2.24, 2.45) is 5.41 Å². The number of nitrogens with zero attached hydrogens (tertiary/aromatic N) is 1. The van der Waals surface area contributed by atoms with Gasteiger partial charge in [0.1, 0.15) is 0 Å². The van der Waals surface area contributed by atoms with Crippen molar-refractivity contribution >= 4 is 5.97 Å². The Balaban J connectivity index is 2.35. The van der Waals surface area contributed by atoms with E-state index in [0.717, 1.165) is 13.1 Å². The van der Waals surface area contributed by atoms with Crippen LogP contribution in [0.25, 0.3) is 0 Å². The molecule has 1 unspecified atom stereocenters. The van der Waals surface area contributed by atoms with Crippen molar-refractivity contribution in [1.29, 1.82) is 0 Å². The summed E-state index contributed by atoms with van der Waals surface area (Å²) >= 11 is 0. The second-order valence-electron chi connectivity index (χ2n) is 5.56. The molecule has 3 nitrogen and oxygen atoms in total. The van der Waals surface area contributed by atoms with E-state index in [2.05, 4.69) is 25.7 Å². The molecule has 0 aromatic heterocycles. The smallest absolute Gasteiger partial charge is 0.307 e. The molecule has 0 radical (unpaired) electrons. The molecule has 0 bridgehead atoms. The second-order valence-corrected chi connectivity index (χ2v) is 5.56. The fraction of sp³-hybridized carbons (Fsp3) is 0.929. The number of esters is 1. The van der Waals surface area contributed by atoms with E-state index in [-0.39, 0.29) is 5.97 Å². The molecule has 0 aliphatic carbocycles. The van der Waals surface area contributed by atoms with E-state index in [1.807, 2.05) is 6.92 Å². The van der Waals surface area contributed by atoms with Crippen LogP contribution in [0.1, 0.15) is 53.4 Å².